The second kappa shape index (κ2) is 4.70. The maximum absolute atomic E-state index is 6.25. The standard InChI is InChI=1S/C13H14BrNS/c1-8-3-9(2)5-10(4-8)13(15)11-6-12(14)16-7-11/h3-7,13H,15H2,1-2H3. The first-order valence-corrected chi connectivity index (χ1v) is 6.81. The number of nitrogens with two attached hydrogens (primary N) is 1. The second-order valence-corrected chi connectivity index (χ2v) is 6.37. The van der Waals surface area contributed by atoms with Gasteiger partial charge < -0.3 is 5.73 Å². The number of hydrogen-bond donors (Lipinski definition) is 1. The minimum atomic E-state index is -0.0267. The Kier molecular flexibility index (Phi) is 3.47. The van der Waals surface area contributed by atoms with E-state index in [-0.39, 0.29) is 6.04 Å². The van der Waals surface area contributed by atoms with Crippen LogP contribution >= 0.6 is 27.3 Å². The second-order valence-electron chi connectivity index (χ2n) is 4.08. The molecule has 1 aromatic heterocycles. The minimum Gasteiger partial charge on any atom is -0.320 e. The van der Waals surface area contributed by atoms with E-state index in [1.165, 1.54) is 22.3 Å². The Bertz CT molecular complexity index is 484. The van der Waals surface area contributed by atoms with E-state index in [1.54, 1.807) is 11.3 Å². The Morgan fingerprint density at radius 3 is 2.19 bits per heavy atom. The van der Waals surface area contributed by atoms with Crippen LogP contribution in [0.25, 0.3) is 0 Å². The van der Waals surface area contributed by atoms with E-state index >= 15 is 0 Å². The van der Waals surface area contributed by atoms with Crippen LogP contribution in [0.3, 0.4) is 0 Å². The van der Waals surface area contributed by atoms with Crippen LogP contribution in [0.2, 0.25) is 0 Å². The van der Waals surface area contributed by atoms with E-state index in [9.17, 15) is 0 Å². The summed E-state index contributed by atoms with van der Waals surface area (Å²) in [6.45, 7) is 4.21. The van der Waals surface area contributed by atoms with Gasteiger partial charge in [-0.2, -0.15) is 0 Å². The highest BCUT2D eigenvalue weighted by atomic mass is 79.9. The molecule has 0 fully saturated rings. The van der Waals surface area contributed by atoms with Crippen molar-refractivity contribution in [2.45, 2.75) is 19.9 Å². The number of hydrogen-bond acceptors (Lipinski definition) is 2. The Balaban J connectivity index is 2.37. The average Bonchev–Trinajstić information content (AvgIpc) is 2.62. The summed E-state index contributed by atoms with van der Waals surface area (Å²) in [7, 11) is 0. The van der Waals surface area contributed by atoms with E-state index in [0.717, 1.165) is 3.79 Å². The molecule has 0 amide bonds. The molecule has 1 nitrogen and oxygen atoms in total. The first-order chi connectivity index (χ1) is 7.56. The molecule has 2 aromatic rings. The van der Waals surface area contributed by atoms with Gasteiger partial charge in [-0.25, -0.2) is 0 Å². The highest BCUT2D eigenvalue weighted by molar-refractivity contribution is 9.11. The van der Waals surface area contributed by atoms with Crippen molar-refractivity contribution in [2.24, 2.45) is 5.73 Å². The fraction of sp³-hybridized carbons (Fsp3) is 0.231. The van der Waals surface area contributed by atoms with Crippen molar-refractivity contribution in [3.8, 4) is 0 Å². The highest BCUT2D eigenvalue weighted by Gasteiger charge is 2.11. The monoisotopic (exact) mass is 295 g/mol. The zero-order valence-corrected chi connectivity index (χ0v) is 11.7. The lowest BCUT2D eigenvalue weighted by Gasteiger charge is -2.12. The SMILES string of the molecule is Cc1cc(C)cc(C(N)c2csc(Br)c2)c1. The molecule has 0 saturated carbocycles. The van der Waals surface area contributed by atoms with Gasteiger partial charge in [-0.1, -0.05) is 29.3 Å². The van der Waals surface area contributed by atoms with Gasteiger partial charge in [0.15, 0.2) is 0 Å². The molecule has 0 saturated heterocycles. The molecule has 0 spiro atoms. The van der Waals surface area contributed by atoms with Crippen molar-refractivity contribution in [3.63, 3.8) is 0 Å². The first-order valence-electron chi connectivity index (χ1n) is 5.14. The molecule has 1 unspecified atom stereocenters. The molecule has 1 heterocycles. The average molecular weight is 296 g/mol. The zero-order valence-electron chi connectivity index (χ0n) is 9.33. The van der Waals surface area contributed by atoms with Crippen molar-refractivity contribution >= 4 is 27.3 Å². The molecule has 0 aliphatic carbocycles. The number of rotatable bonds is 2. The van der Waals surface area contributed by atoms with Crippen LogP contribution in [-0.2, 0) is 0 Å². The normalized spacial score (nSPS) is 12.8. The lowest BCUT2D eigenvalue weighted by Crippen LogP contribution is -2.11. The lowest BCUT2D eigenvalue weighted by atomic mass is 9.98. The molecule has 2 rings (SSSR count). The molecule has 1 atom stereocenters. The van der Waals surface area contributed by atoms with Gasteiger partial charge in [-0.05, 0) is 52.4 Å². The van der Waals surface area contributed by atoms with Crippen molar-refractivity contribution in [3.05, 3.63) is 55.7 Å². The van der Waals surface area contributed by atoms with Gasteiger partial charge in [-0.3, -0.25) is 0 Å². The Labute approximate surface area is 108 Å². The van der Waals surface area contributed by atoms with Crippen molar-refractivity contribution in [1.29, 1.82) is 0 Å². The lowest BCUT2D eigenvalue weighted by molar-refractivity contribution is 0.872. The van der Waals surface area contributed by atoms with Gasteiger partial charge in [0.25, 0.3) is 0 Å². The molecule has 16 heavy (non-hydrogen) atoms. The van der Waals surface area contributed by atoms with E-state index in [2.05, 4.69) is 59.4 Å². The molecule has 0 aliphatic heterocycles. The van der Waals surface area contributed by atoms with Gasteiger partial charge >= 0.3 is 0 Å². The molecular weight excluding hydrogens is 282 g/mol. The van der Waals surface area contributed by atoms with Crippen LogP contribution in [-0.4, -0.2) is 0 Å². The van der Waals surface area contributed by atoms with Crippen LogP contribution < -0.4 is 5.73 Å². The Morgan fingerprint density at radius 2 is 1.69 bits per heavy atom. The third-order valence-corrected chi connectivity index (χ3v) is 4.07. The van der Waals surface area contributed by atoms with Crippen molar-refractivity contribution in [2.75, 3.05) is 0 Å². The summed E-state index contributed by atoms with van der Waals surface area (Å²) in [5.41, 5.74) is 11.1. The highest BCUT2D eigenvalue weighted by Crippen LogP contribution is 2.28. The summed E-state index contributed by atoms with van der Waals surface area (Å²) in [6.07, 6.45) is 0. The molecule has 2 N–H and O–H groups in total. The summed E-state index contributed by atoms with van der Waals surface area (Å²) in [4.78, 5) is 0. The van der Waals surface area contributed by atoms with Gasteiger partial charge in [0.2, 0.25) is 0 Å². The Hall–Kier alpha value is -0.640. The van der Waals surface area contributed by atoms with Gasteiger partial charge in [0.05, 0.1) is 9.83 Å². The number of aryl methyl sites for hydroxylation is 2. The van der Waals surface area contributed by atoms with Crippen LogP contribution in [0, 0.1) is 13.8 Å². The molecular formula is C13H14BrNS. The van der Waals surface area contributed by atoms with E-state index < -0.39 is 0 Å². The predicted molar refractivity (Wildman–Crippen MR) is 74.0 cm³/mol. The first kappa shape index (κ1) is 11.8. The predicted octanol–water partition coefficient (Wildman–Crippen LogP) is 4.18. The summed E-state index contributed by atoms with van der Waals surface area (Å²) < 4.78 is 1.13. The minimum absolute atomic E-state index is 0.0267. The fourth-order valence-electron chi connectivity index (χ4n) is 1.87. The number of benzene rings is 1. The number of thiophene rings is 1. The molecule has 0 radical (unpaired) electrons. The quantitative estimate of drug-likeness (QED) is 0.884. The Morgan fingerprint density at radius 1 is 1.06 bits per heavy atom. The molecule has 0 aliphatic rings. The van der Waals surface area contributed by atoms with Crippen molar-refractivity contribution in [1.82, 2.24) is 0 Å². The zero-order chi connectivity index (χ0) is 11.7. The van der Waals surface area contributed by atoms with Gasteiger partial charge in [0.1, 0.15) is 0 Å². The largest absolute Gasteiger partial charge is 0.320 e. The van der Waals surface area contributed by atoms with E-state index in [4.69, 9.17) is 5.73 Å². The van der Waals surface area contributed by atoms with Gasteiger partial charge in [0, 0.05) is 0 Å². The van der Waals surface area contributed by atoms with Gasteiger partial charge in [-0.15, -0.1) is 11.3 Å². The van der Waals surface area contributed by atoms with Crippen LogP contribution in [0.4, 0.5) is 0 Å². The van der Waals surface area contributed by atoms with Crippen LogP contribution in [0.1, 0.15) is 28.3 Å². The summed E-state index contributed by atoms with van der Waals surface area (Å²) in [5.74, 6) is 0. The molecule has 0 bridgehead atoms. The third kappa shape index (κ3) is 2.54. The van der Waals surface area contributed by atoms with Crippen LogP contribution in [0.15, 0.2) is 33.4 Å². The third-order valence-electron chi connectivity index (χ3n) is 2.55. The molecule has 3 heteroatoms. The summed E-state index contributed by atoms with van der Waals surface area (Å²) in [5, 5.41) is 2.10. The summed E-state index contributed by atoms with van der Waals surface area (Å²) >= 11 is 5.14. The smallest absolute Gasteiger partial charge is 0.0701 e. The molecule has 1 aromatic carbocycles. The summed E-state index contributed by atoms with van der Waals surface area (Å²) in [6, 6.07) is 8.54. The molecule has 84 valence electrons. The van der Waals surface area contributed by atoms with Crippen molar-refractivity contribution < 1.29 is 0 Å². The fourth-order valence-corrected chi connectivity index (χ4v) is 3.08. The maximum Gasteiger partial charge on any atom is 0.0701 e. The number of halogens is 1. The van der Waals surface area contributed by atoms with Crippen LogP contribution in [0.5, 0.6) is 0 Å². The topological polar surface area (TPSA) is 26.0 Å². The maximum atomic E-state index is 6.25. The van der Waals surface area contributed by atoms with E-state index in [0.29, 0.717) is 0 Å². The van der Waals surface area contributed by atoms with E-state index in [1.807, 2.05) is 0 Å².